The molecular weight excluding hydrogens is 310 g/mol. The fraction of sp³-hybridized carbons (Fsp3) is 0.471. The Morgan fingerprint density at radius 3 is 2.35 bits per heavy atom. The molecule has 0 radical (unpaired) electrons. The summed E-state index contributed by atoms with van der Waals surface area (Å²) in [6, 6.07) is 1.95. The van der Waals surface area contributed by atoms with Crippen LogP contribution < -0.4 is 19.4 Å². The molecule has 1 heterocycles. The summed E-state index contributed by atoms with van der Waals surface area (Å²) in [5.41, 5.74) is 0.870. The molecule has 0 amide bonds. The maximum Gasteiger partial charge on any atom is 0.308 e. The van der Waals surface area contributed by atoms with Gasteiger partial charge >= 0.3 is 5.97 Å². The predicted octanol–water partition coefficient (Wildman–Crippen LogP) is 3.06. The van der Waals surface area contributed by atoms with E-state index in [1.807, 2.05) is 30.8 Å². The molecule has 1 aromatic heterocycles. The van der Waals surface area contributed by atoms with Gasteiger partial charge in [-0.25, -0.2) is 0 Å². The Morgan fingerprint density at radius 2 is 1.87 bits per heavy atom. The van der Waals surface area contributed by atoms with Crippen molar-refractivity contribution in [2.24, 2.45) is 7.05 Å². The van der Waals surface area contributed by atoms with Crippen molar-refractivity contribution in [1.82, 2.24) is 4.57 Å². The highest BCUT2D eigenvalue weighted by atomic mass is 28.3. The van der Waals surface area contributed by atoms with Crippen molar-refractivity contribution in [3.63, 3.8) is 0 Å². The van der Waals surface area contributed by atoms with Gasteiger partial charge in [-0.15, -0.1) is 0 Å². The van der Waals surface area contributed by atoms with Gasteiger partial charge in [-0.3, -0.25) is 4.79 Å². The largest absolute Gasteiger partial charge is 0.491 e. The first-order valence-electron chi connectivity index (χ1n) is 7.73. The first-order valence-corrected chi connectivity index (χ1v) is 11.2. The fourth-order valence-electron chi connectivity index (χ4n) is 2.86. The Hall–Kier alpha value is -1.95. The molecule has 5 nitrogen and oxygen atoms in total. The van der Waals surface area contributed by atoms with Crippen molar-refractivity contribution >= 4 is 30.1 Å². The van der Waals surface area contributed by atoms with Crippen molar-refractivity contribution in [1.29, 1.82) is 0 Å². The number of ether oxygens (including phenoxy) is 3. The zero-order chi connectivity index (χ0) is 17.4. The van der Waals surface area contributed by atoms with Crippen LogP contribution in [0.2, 0.25) is 19.6 Å². The van der Waals surface area contributed by atoms with Crippen LogP contribution in [0, 0.1) is 0 Å². The van der Waals surface area contributed by atoms with E-state index in [0.717, 1.165) is 16.1 Å². The predicted molar refractivity (Wildman–Crippen MR) is 94.9 cm³/mol. The molecule has 0 unspecified atom stereocenters. The van der Waals surface area contributed by atoms with Crippen LogP contribution in [-0.2, 0) is 11.8 Å². The number of aromatic nitrogens is 1. The average Bonchev–Trinajstić information content (AvgIpc) is 2.80. The van der Waals surface area contributed by atoms with Gasteiger partial charge in [0.2, 0.25) is 0 Å². The monoisotopic (exact) mass is 335 g/mol. The number of rotatable bonds is 5. The molecule has 0 N–H and O–H groups in total. The molecule has 2 rings (SSSR count). The lowest BCUT2D eigenvalue weighted by Crippen LogP contribution is -2.40. The number of esters is 1. The molecule has 0 aliphatic rings. The van der Waals surface area contributed by atoms with Crippen molar-refractivity contribution in [2.45, 2.75) is 33.5 Å². The summed E-state index contributed by atoms with van der Waals surface area (Å²) in [5, 5.41) is 1.85. The van der Waals surface area contributed by atoms with E-state index in [4.69, 9.17) is 14.2 Å². The first-order chi connectivity index (χ1) is 10.7. The standard InChI is InChI=1S/C17H25NO4Si/c1-8-21-16-15(20-4)13-12(9-10-18(13)3)14(22-11(2)19)17(16)23(5,6)7/h9-10H,8H2,1-7H3. The summed E-state index contributed by atoms with van der Waals surface area (Å²) in [4.78, 5) is 11.7. The highest BCUT2D eigenvalue weighted by Crippen LogP contribution is 2.42. The summed E-state index contributed by atoms with van der Waals surface area (Å²) in [5.74, 6) is 1.67. The number of nitrogens with zero attached hydrogens (tertiary/aromatic N) is 1. The van der Waals surface area contributed by atoms with E-state index in [0.29, 0.717) is 23.9 Å². The number of methoxy groups -OCH3 is 1. The Kier molecular flexibility index (Phi) is 4.75. The van der Waals surface area contributed by atoms with E-state index >= 15 is 0 Å². The molecule has 0 spiro atoms. The minimum atomic E-state index is -1.87. The lowest BCUT2D eigenvalue weighted by Gasteiger charge is -2.26. The molecule has 0 bridgehead atoms. The Labute approximate surface area is 138 Å². The molecule has 0 aliphatic heterocycles. The number of benzene rings is 1. The molecule has 0 saturated heterocycles. The van der Waals surface area contributed by atoms with Gasteiger partial charge in [-0.05, 0) is 13.0 Å². The molecule has 6 heteroatoms. The van der Waals surface area contributed by atoms with Crippen LogP contribution in [0.5, 0.6) is 17.2 Å². The second-order valence-electron chi connectivity index (χ2n) is 6.53. The van der Waals surface area contributed by atoms with E-state index in [1.165, 1.54) is 6.92 Å². The number of hydrogen-bond donors (Lipinski definition) is 0. The molecule has 0 saturated carbocycles. The molecular formula is C17H25NO4Si. The maximum atomic E-state index is 11.7. The second kappa shape index (κ2) is 6.27. The minimum absolute atomic E-state index is 0.331. The summed E-state index contributed by atoms with van der Waals surface area (Å²) in [7, 11) is 1.71. The second-order valence-corrected chi connectivity index (χ2v) is 11.5. The molecule has 0 atom stereocenters. The molecule has 126 valence electrons. The van der Waals surface area contributed by atoms with Crippen LogP contribution in [0.3, 0.4) is 0 Å². The molecule has 0 fully saturated rings. The van der Waals surface area contributed by atoms with Gasteiger partial charge in [0.1, 0.15) is 5.75 Å². The topological polar surface area (TPSA) is 49.7 Å². The average molecular weight is 335 g/mol. The molecule has 2 aromatic rings. The van der Waals surface area contributed by atoms with Gasteiger partial charge in [-0.2, -0.15) is 0 Å². The SMILES string of the molecule is CCOc1c([Si](C)(C)C)c(OC(C)=O)c2ccn(C)c2c1OC. The molecule has 23 heavy (non-hydrogen) atoms. The lowest BCUT2D eigenvalue weighted by molar-refractivity contribution is -0.131. The number of aryl methyl sites for hydroxylation is 1. The zero-order valence-corrected chi connectivity index (χ0v) is 15.9. The Bertz CT molecular complexity index is 743. The van der Waals surface area contributed by atoms with Crippen molar-refractivity contribution in [3.05, 3.63) is 12.3 Å². The number of carbonyl (C=O) groups is 1. The maximum absolute atomic E-state index is 11.7. The number of hydrogen-bond acceptors (Lipinski definition) is 4. The van der Waals surface area contributed by atoms with Gasteiger partial charge in [-0.1, -0.05) is 19.6 Å². The van der Waals surface area contributed by atoms with Gasteiger partial charge in [0, 0.05) is 30.7 Å². The Morgan fingerprint density at radius 1 is 1.22 bits per heavy atom. The summed E-state index contributed by atoms with van der Waals surface area (Å²) in [6.07, 6.45) is 1.93. The third-order valence-electron chi connectivity index (χ3n) is 3.68. The summed E-state index contributed by atoms with van der Waals surface area (Å²) in [6.45, 7) is 10.5. The quantitative estimate of drug-likeness (QED) is 0.479. The highest BCUT2D eigenvalue weighted by Gasteiger charge is 2.33. The summed E-state index contributed by atoms with van der Waals surface area (Å²) < 4.78 is 19.2. The first kappa shape index (κ1) is 17.4. The van der Waals surface area contributed by atoms with Crippen LogP contribution >= 0.6 is 0 Å². The third kappa shape index (κ3) is 3.08. The van der Waals surface area contributed by atoms with Gasteiger partial charge in [0.25, 0.3) is 0 Å². The third-order valence-corrected chi connectivity index (χ3v) is 5.64. The van der Waals surface area contributed by atoms with Crippen molar-refractivity contribution in [3.8, 4) is 17.2 Å². The minimum Gasteiger partial charge on any atom is -0.491 e. The molecule has 0 aliphatic carbocycles. The van der Waals surface area contributed by atoms with E-state index in [1.54, 1.807) is 7.11 Å². The van der Waals surface area contributed by atoms with Gasteiger partial charge < -0.3 is 18.8 Å². The Balaban J connectivity index is 3.00. The highest BCUT2D eigenvalue weighted by molar-refractivity contribution is 6.90. The fourth-order valence-corrected chi connectivity index (χ4v) is 4.59. The van der Waals surface area contributed by atoms with Gasteiger partial charge in [0.05, 0.1) is 27.3 Å². The van der Waals surface area contributed by atoms with Crippen LogP contribution in [0.15, 0.2) is 12.3 Å². The zero-order valence-electron chi connectivity index (χ0n) is 14.9. The number of carbonyl (C=O) groups excluding carboxylic acids is 1. The lowest BCUT2D eigenvalue weighted by atomic mass is 10.2. The van der Waals surface area contributed by atoms with E-state index in [9.17, 15) is 4.79 Å². The van der Waals surface area contributed by atoms with E-state index in [-0.39, 0.29) is 5.97 Å². The van der Waals surface area contributed by atoms with Crippen molar-refractivity contribution in [2.75, 3.05) is 13.7 Å². The normalized spacial score (nSPS) is 11.6. The van der Waals surface area contributed by atoms with Gasteiger partial charge in [0.15, 0.2) is 11.5 Å². The smallest absolute Gasteiger partial charge is 0.308 e. The number of fused-ring (bicyclic) bond motifs is 1. The van der Waals surface area contributed by atoms with Crippen LogP contribution in [0.1, 0.15) is 13.8 Å². The van der Waals surface area contributed by atoms with Crippen molar-refractivity contribution < 1.29 is 19.0 Å². The van der Waals surface area contributed by atoms with E-state index in [2.05, 4.69) is 19.6 Å². The summed E-state index contributed by atoms with van der Waals surface area (Å²) >= 11 is 0. The van der Waals surface area contributed by atoms with Crippen LogP contribution in [0.4, 0.5) is 0 Å². The van der Waals surface area contributed by atoms with E-state index < -0.39 is 8.07 Å². The van der Waals surface area contributed by atoms with Crippen LogP contribution in [0.25, 0.3) is 10.9 Å². The molecule has 1 aromatic carbocycles. The van der Waals surface area contributed by atoms with Crippen LogP contribution in [-0.4, -0.2) is 32.3 Å².